The number of nitrogens with zero attached hydrogens (tertiary/aromatic N) is 2. The lowest BCUT2D eigenvalue weighted by Crippen LogP contribution is -2.44. The van der Waals surface area contributed by atoms with Gasteiger partial charge < -0.3 is 15.0 Å². The molecule has 9 nitrogen and oxygen atoms in total. The third-order valence-electron chi connectivity index (χ3n) is 4.99. The van der Waals surface area contributed by atoms with Gasteiger partial charge >= 0.3 is 0 Å². The maximum atomic E-state index is 13.6. The van der Waals surface area contributed by atoms with Gasteiger partial charge in [0.25, 0.3) is 10.0 Å². The first-order chi connectivity index (χ1) is 14.3. The van der Waals surface area contributed by atoms with Crippen LogP contribution < -0.4 is 24.0 Å². The summed E-state index contributed by atoms with van der Waals surface area (Å²) in [6.07, 6.45) is 0.986. The summed E-state index contributed by atoms with van der Waals surface area (Å²) in [5.41, 5.74) is 1.33. The number of anilines is 3. The Kier molecular flexibility index (Phi) is 5.51. The van der Waals surface area contributed by atoms with Crippen LogP contribution in [0.5, 0.6) is 5.75 Å². The van der Waals surface area contributed by atoms with E-state index >= 15 is 0 Å². The zero-order valence-corrected chi connectivity index (χ0v) is 18.2. The molecule has 1 fully saturated rings. The van der Waals surface area contributed by atoms with Crippen LogP contribution in [0.15, 0.2) is 47.4 Å². The van der Waals surface area contributed by atoms with Crippen LogP contribution in [0, 0.1) is 0 Å². The molecule has 4 rings (SSSR count). The van der Waals surface area contributed by atoms with Gasteiger partial charge in [-0.2, -0.15) is 0 Å². The van der Waals surface area contributed by atoms with Crippen LogP contribution in [0.4, 0.5) is 17.1 Å². The highest BCUT2D eigenvalue weighted by Gasteiger charge is 2.34. The summed E-state index contributed by atoms with van der Waals surface area (Å²) in [5, 5.41) is 3.30. The smallest absolute Gasteiger partial charge is 0.266 e. The zero-order chi connectivity index (χ0) is 21.4. The summed E-state index contributed by atoms with van der Waals surface area (Å²) in [4.78, 5) is 2.07. The van der Waals surface area contributed by atoms with E-state index in [9.17, 15) is 16.8 Å². The lowest BCUT2D eigenvalue weighted by atomic mass is 10.2. The first-order valence-corrected chi connectivity index (χ1v) is 12.9. The molecule has 0 radical (unpaired) electrons. The standard InChI is InChI=1S/C19H24N4O5S2/c1-29(24,25)21-15-5-2-3-8-18(15)30(26,27)23-13-14-28-19-16(6-4-7-17(19)23)22-11-9-20-10-12-22/h2-8,20-21H,9-14H2,1H3. The van der Waals surface area contributed by atoms with Crippen molar-refractivity contribution in [1.29, 1.82) is 0 Å². The largest absolute Gasteiger partial charge is 0.487 e. The molecule has 0 spiro atoms. The summed E-state index contributed by atoms with van der Waals surface area (Å²) in [6, 6.07) is 11.4. The van der Waals surface area contributed by atoms with E-state index in [1.165, 1.54) is 16.4 Å². The normalized spacial score (nSPS) is 17.2. The monoisotopic (exact) mass is 452 g/mol. The number of ether oxygens (including phenoxy) is 1. The van der Waals surface area contributed by atoms with Crippen LogP contribution in [-0.2, 0) is 20.0 Å². The molecular weight excluding hydrogens is 428 g/mol. The van der Waals surface area contributed by atoms with Gasteiger partial charge in [0.1, 0.15) is 11.5 Å². The van der Waals surface area contributed by atoms with Crippen molar-refractivity contribution in [3.05, 3.63) is 42.5 Å². The minimum absolute atomic E-state index is 0.0197. The average molecular weight is 453 g/mol. The van der Waals surface area contributed by atoms with E-state index < -0.39 is 20.0 Å². The van der Waals surface area contributed by atoms with Crippen LogP contribution in [0.1, 0.15) is 0 Å². The SMILES string of the molecule is CS(=O)(=O)Nc1ccccc1S(=O)(=O)N1CCOc2c(N3CCNCC3)cccc21. The quantitative estimate of drug-likeness (QED) is 0.698. The molecule has 2 heterocycles. The maximum Gasteiger partial charge on any atom is 0.266 e. The molecule has 1 saturated heterocycles. The minimum Gasteiger partial charge on any atom is -0.487 e. The lowest BCUT2D eigenvalue weighted by Gasteiger charge is -2.36. The number of nitrogens with one attached hydrogen (secondary N) is 2. The highest BCUT2D eigenvalue weighted by atomic mass is 32.2. The molecule has 0 amide bonds. The summed E-state index contributed by atoms with van der Waals surface area (Å²) in [6.45, 7) is 3.62. The average Bonchev–Trinajstić information content (AvgIpc) is 2.72. The summed E-state index contributed by atoms with van der Waals surface area (Å²) >= 11 is 0. The number of piperazine rings is 1. The molecule has 162 valence electrons. The van der Waals surface area contributed by atoms with Crippen molar-refractivity contribution >= 4 is 37.1 Å². The highest BCUT2D eigenvalue weighted by Crippen LogP contribution is 2.43. The van der Waals surface area contributed by atoms with Crippen LogP contribution in [0.25, 0.3) is 0 Å². The first-order valence-electron chi connectivity index (χ1n) is 9.58. The minimum atomic E-state index is -4.03. The Labute approximate surface area is 176 Å². The molecule has 0 aromatic heterocycles. The molecule has 0 saturated carbocycles. The van der Waals surface area contributed by atoms with E-state index in [2.05, 4.69) is 14.9 Å². The van der Waals surface area contributed by atoms with Gasteiger partial charge in [-0.15, -0.1) is 0 Å². The molecule has 2 aromatic carbocycles. The Bertz CT molecular complexity index is 1150. The Morgan fingerprint density at radius 1 is 0.933 bits per heavy atom. The molecule has 2 aromatic rings. The van der Waals surface area contributed by atoms with Gasteiger partial charge in [-0.25, -0.2) is 16.8 Å². The summed E-state index contributed by atoms with van der Waals surface area (Å²) in [5.74, 6) is 0.530. The fraction of sp³-hybridized carbons (Fsp3) is 0.368. The second-order valence-electron chi connectivity index (χ2n) is 7.16. The molecule has 0 aliphatic carbocycles. The van der Waals surface area contributed by atoms with E-state index in [4.69, 9.17) is 4.74 Å². The Morgan fingerprint density at radius 2 is 1.63 bits per heavy atom. The van der Waals surface area contributed by atoms with E-state index in [1.54, 1.807) is 18.2 Å². The maximum absolute atomic E-state index is 13.6. The van der Waals surface area contributed by atoms with Gasteiger partial charge in [-0.3, -0.25) is 9.03 Å². The van der Waals surface area contributed by atoms with E-state index in [1.807, 2.05) is 12.1 Å². The fourth-order valence-electron chi connectivity index (χ4n) is 3.71. The molecule has 11 heteroatoms. The van der Waals surface area contributed by atoms with Crippen LogP contribution in [-0.4, -0.2) is 62.4 Å². The number of hydrogen-bond donors (Lipinski definition) is 2. The van der Waals surface area contributed by atoms with Crippen molar-refractivity contribution in [2.24, 2.45) is 0 Å². The molecular formula is C19H24N4O5S2. The van der Waals surface area contributed by atoms with Crippen molar-refractivity contribution in [3.8, 4) is 5.75 Å². The zero-order valence-electron chi connectivity index (χ0n) is 16.5. The molecule has 30 heavy (non-hydrogen) atoms. The van der Waals surface area contributed by atoms with Crippen molar-refractivity contribution in [2.45, 2.75) is 4.90 Å². The van der Waals surface area contributed by atoms with Crippen molar-refractivity contribution in [1.82, 2.24) is 5.32 Å². The van der Waals surface area contributed by atoms with Crippen LogP contribution in [0.2, 0.25) is 0 Å². The predicted octanol–water partition coefficient (Wildman–Crippen LogP) is 1.06. The number of para-hydroxylation sites is 2. The Hall–Kier alpha value is -2.50. The molecule has 2 N–H and O–H groups in total. The van der Waals surface area contributed by atoms with E-state index in [0.717, 1.165) is 38.1 Å². The van der Waals surface area contributed by atoms with Crippen molar-refractivity contribution in [2.75, 3.05) is 59.5 Å². The molecule has 2 aliphatic rings. The second-order valence-corrected chi connectivity index (χ2v) is 10.7. The molecule has 0 unspecified atom stereocenters. The lowest BCUT2D eigenvalue weighted by molar-refractivity contribution is 0.315. The van der Waals surface area contributed by atoms with E-state index in [0.29, 0.717) is 11.4 Å². The number of hydrogen-bond acceptors (Lipinski definition) is 7. The van der Waals surface area contributed by atoms with Gasteiger partial charge in [0.2, 0.25) is 10.0 Å². The predicted molar refractivity (Wildman–Crippen MR) is 116 cm³/mol. The first kappa shape index (κ1) is 20.8. The number of fused-ring (bicyclic) bond motifs is 1. The molecule has 0 atom stereocenters. The van der Waals surface area contributed by atoms with Gasteiger partial charge in [0, 0.05) is 26.2 Å². The highest BCUT2D eigenvalue weighted by molar-refractivity contribution is 7.93. The number of rotatable bonds is 5. The van der Waals surface area contributed by atoms with Gasteiger partial charge in [-0.05, 0) is 24.3 Å². The third kappa shape index (κ3) is 4.05. The molecule has 0 bridgehead atoms. The fourth-order valence-corrected chi connectivity index (χ4v) is 5.95. The Morgan fingerprint density at radius 3 is 2.37 bits per heavy atom. The van der Waals surface area contributed by atoms with Crippen LogP contribution >= 0.6 is 0 Å². The van der Waals surface area contributed by atoms with Gasteiger partial charge in [0.05, 0.1) is 29.9 Å². The third-order valence-corrected chi connectivity index (χ3v) is 7.45. The van der Waals surface area contributed by atoms with Gasteiger partial charge in [0.15, 0.2) is 5.75 Å². The Balaban J connectivity index is 1.77. The van der Waals surface area contributed by atoms with E-state index in [-0.39, 0.29) is 23.7 Å². The van der Waals surface area contributed by atoms with Gasteiger partial charge in [-0.1, -0.05) is 18.2 Å². The number of benzene rings is 2. The summed E-state index contributed by atoms with van der Waals surface area (Å²) < 4.78 is 60.1. The van der Waals surface area contributed by atoms with Crippen molar-refractivity contribution in [3.63, 3.8) is 0 Å². The van der Waals surface area contributed by atoms with Crippen molar-refractivity contribution < 1.29 is 21.6 Å². The number of sulfonamides is 2. The second kappa shape index (κ2) is 7.97. The molecule has 2 aliphatic heterocycles. The summed E-state index contributed by atoms with van der Waals surface area (Å²) in [7, 11) is -7.67. The van der Waals surface area contributed by atoms with Crippen LogP contribution in [0.3, 0.4) is 0 Å². The topological polar surface area (TPSA) is 108 Å².